The number of ether oxygens (including phenoxy) is 2. The number of carbonyl (C=O) groups is 1. The minimum absolute atomic E-state index is 0.0281. The molecule has 1 saturated carbocycles. The van der Waals surface area contributed by atoms with Crippen LogP contribution in [0.15, 0.2) is 34.7 Å². The Bertz CT molecular complexity index is 1690. The monoisotopic (exact) mass is 606 g/mol. The van der Waals surface area contributed by atoms with E-state index in [4.69, 9.17) is 35.5 Å². The summed E-state index contributed by atoms with van der Waals surface area (Å²) in [7, 11) is 0. The molecule has 226 valence electrons. The molecule has 3 fully saturated rings. The molecule has 5 heterocycles. The van der Waals surface area contributed by atoms with Gasteiger partial charge in [0.05, 0.1) is 24.8 Å². The molecule has 0 amide bonds. The maximum Gasteiger partial charge on any atom is 0.326 e. The van der Waals surface area contributed by atoms with Gasteiger partial charge in [-0.2, -0.15) is 0 Å². The summed E-state index contributed by atoms with van der Waals surface area (Å²) in [6.45, 7) is 7.74. The molecule has 1 N–H and O–H groups in total. The number of anilines is 2. The van der Waals surface area contributed by atoms with Crippen LogP contribution in [-0.2, 0) is 9.53 Å². The molecule has 3 aromatic heterocycles. The number of morpholine rings is 1. The summed E-state index contributed by atoms with van der Waals surface area (Å²) in [5.74, 6) is 0.473. The van der Waals surface area contributed by atoms with Crippen molar-refractivity contribution in [2.75, 3.05) is 29.5 Å². The molecular formula is C31H35ClN6O5. The third kappa shape index (κ3) is 4.82. The number of carboxylic acid groups (broad SMARTS) is 1. The zero-order valence-corrected chi connectivity index (χ0v) is 25.3. The van der Waals surface area contributed by atoms with Gasteiger partial charge in [-0.1, -0.05) is 50.4 Å². The number of aliphatic carboxylic acids is 1. The van der Waals surface area contributed by atoms with E-state index in [0.717, 1.165) is 36.8 Å². The van der Waals surface area contributed by atoms with Crippen LogP contribution in [0.2, 0.25) is 5.15 Å². The number of aromatic nitrogens is 4. The number of para-hydroxylation sites is 1. The first kappa shape index (κ1) is 28.1. The molecule has 12 heteroatoms. The van der Waals surface area contributed by atoms with Gasteiger partial charge >= 0.3 is 5.97 Å². The minimum Gasteiger partial charge on any atom is -0.480 e. The van der Waals surface area contributed by atoms with Gasteiger partial charge < -0.3 is 28.8 Å². The van der Waals surface area contributed by atoms with Gasteiger partial charge in [-0.3, -0.25) is 0 Å². The molecule has 0 radical (unpaired) electrons. The highest BCUT2D eigenvalue weighted by Crippen LogP contribution is 2.44. The Morgan fingerprint density at radius 3 is 2.72 bits per heavy atom. The van der Waals surface area contributed by atoms with Gasteiger partial charge in [0.1, 0.15) is 34.8 Å². The molecule has 2 aliphatic heterocycles. The Balaban J connectivity index is 1.24. The van der Waals surface area contributed by atoms with Crippen molar-refractivity contribution in [3.05, 3.63) is 41.3 Å². The highest BCUT2D eigenvalue weighted by Gasteiger charge is 2.47. The fourth-order valence-electron chi connectivity index (χ4n) is 7.00. The molecule has 0 bridgehead atoms. The fraction of sp³-hybridized carbons (Fsp3) is 0.516. The van der Waals surface area contributed by atoms with E-state index in [9.17, 15) is 9.90 Å². The van der Waals surface area contributed by atoms with Crippen LogP contribution in [0.5, 0.6) is 5.88 Å². The number of carboxylic acids is 1. The van der Waals surface area contributed by atoms with E-state index in [1.54, 1.807) is 11.0 Å². The normalized spacial score (nSPS) is 23.7. The lowest BCUT2D eigenvalue weighted by Gasteiger charge is -2.47. The molecule has 3 aliphatic rings. The highest BCUT2D eigenvalue weighted by atomic mass is 35.5. The standard InChI is InChI=1S/C31H35ClN6O5/c1-17(2)27-33-25-20-8-4-5-9-23(20)43-26(25)28(34-27)38-16-19(14-22(38)30(39)40)42-29-21(15-24(32)35-36-29)37-12-13-41-31(18(37)3)10-6-7-11-31/h4-5,8-9,15,17-19,22H,6-7,10-14,16H2,1-3H3,(H,39,40)/t18-,19-,22-/m0/s1. The molecule has 1 spiro atoms. The molecule has 11 nitrogen and oxygen atoms in total. The van der Waals surface area contributed by atoms with Crippen LogP contribution in [0.1, 0.15) is 64.6 Å². The number of hydrogen-bond acceptors (Lipinski definition) is 10. The summed E-state index contributed by atoms with van der Waals surface area (Å²) >= 11 is 6.35. The fourth-order valence-corrected chi connectivity index (χ4v) is 7.14. The molecule has 0 unspecified atom stereocenters. The lowest BCUT2D eigenvalue weighted by Crippen LogP contribution is -2.57. The lowest BCUT2D eigenvalue weighted by molar-refractivity contribution is -0.138. The van der Waals surface area contributed by atoms with Crippen molar-refractivity contribution in [1.29, 1.82) is 0 Å². The average molecular weight is 607 g/mol. The predicted octanol–water partition coefficient (Wildman–Crippen LogP) is 5.59. The number of fused-ring (bicyclic) bond motifs is 3. The Kier molecular flexibility index (Phi) is 7.04. The summed E-state index contributed by atoms with van der Waals surface area (Å²) < 4.78 is 19.1. The summed E-state index contributed by atoms with van der Waals surface area (Å²) in [6, 6.07) is 8.66. The minimum atomic E-state index is -0.965. The summed E-state index contributed by atoms with van der Waals surface area (Å²) in [4.78, 5) is 26.3. The number of rotatable bonds is 6. The Hall–Kier alpha value is -3.70. The number of halogens is 1. The van der Waals surface area contributed by atoms with Crippen LogP contribution in [-0.4, -0.2) is 74.7 Å². The van der Waals surface area contributed by atoms with Gasteiger partial charge in [-0.05, 0) is 31.9 Å². The van der Waals surface area contributed by atoms with Crippen LogP contribution < -0.4 is 14.5 Å². The summed E-state index contributed by atoms with van der Waals surface area (Å²) in [5.41, 5.74) is 2.35. The second-order valence-corrected chi connectivity index (χ2v) is 12.6. The summed E-state index contributed by atoms with van der Waals surface area (Å²) in [6.07, 6.45) is 4.04. The van der Waals surface area contributed by atoms with Gasteiger partial charge in [0, 0.05) is 30.3 Å². The van der Waals surface area contributed by atoms with E-state index in [1.807, 2.05) is 38.1 Å². The summed E-state index contributed by atoms with van der Waals surface area (Å²) in [5, 5.41) is 19.9. The third-order valence-electron chi connectivity index (χ3n) is 9.25. The van der Waals surface area contributed by atoms with E-state index in [2.05, 4.69) is 22.0 Å². The van der Waals surface area contributed by atoms with Gasteiger partial charge in [-0.15, -0.1) is 10.2 Å². The van der Waals surface area contributed by atoms with Crippen LogP contribution >= 0.6 is 11.6 Å². The quantitative estimate of drug-likeness (QED) is 0.295. The zero-order chi connectivity index (χ0) is 29.9. The van der Waals surface area contributed by atoms with Gasteiger partial charge in [0.2, 0.25) is 0 Å². The molecule has 4 aromatic rings. The maximum absolute atomic E-state index is 12.6. The van der Waals surface area contributed by atoms with Crippen LogP contribution in [0, 0.1) is 0 Å². The molecule has 43 heavy (non-hydrogen) atoms. The predicted molar refractivity (Wildman–Crippen MR) is 162 cm³/mol. The van der Waals surface area contributed by atoms with Gasteiger partial charge in [0.15, 0.2) is 16.6 Å². The smallest absolute Gasteiger partial charge is 0.326 e. The Morgan fingerprint density at radius 1 is 1.16 bits per heavy atom. The van der Waals surface area contributed by atoms with E-state index < -0.39 is 18.1 Å². The van der Waals surface area contributed by atoms with Crippen molar-refractivity contribution in [2.24, 2.45) is 0 Å². The topological polar surface area (TPSA) is 127 Å². The second-order valence-electron chi connectivity index (χ2n) is 12.2. The zero-order valence-electron chi connectivity index (χ0n) is 24.5. The van der Waals surface area contributed by atoms with Crippen molar-refractivity contribution in [1.82, 2.24) is 20.2 Å². The average Bonchev–Trinajstić information content (AvgIpc) is 3.73. The van der Waals surface area contributed by atoms with Crippen LogP contribution in [0.3, 0.4) is 0 Å². The first-order valence-electron chi connectivity index (χ1n) is 15.0. The van der Waals surface area contributed by atoms with Crippen molar-refractivity contribution < 1.29 is 23.8 Å². The van der Waals surface area contributed by atoms with Gasteiger partial charge in [0.25, 0.3) is 5.88 Å². The molecule has 7 rings (SSSR count). The van der Waals surface area contributed by atoms with E-state index in [0.29, 0.717) is 47.4 Å². The third-order valence-corrected chi connectivity index (χ3v) is 9.44. The van der Waals surface area contributed by atoms with Crippen LogP contribution in [0.25, 0.3) is 22.1 Å². The lowest BCUT2D eigenvalue weighted by atomic mass is 9.90. The molecule has 2 saturated heterocycles. The molecular weight excluding hydrogens is 572 g/mol. The Labute approximate surface area is 254 Å². The first-order valence-corrected chi connectivity index (χ1v) is 15.4. The maximum atomic E-state index is 12.6. The SMILES string of the molecule is CC(C)c1nc(N2C[C@@H](Oc3nnc(Cl)cc3N3CCOC4(CCCC4)[C@@H]3C)C[C@H]2C(=O)O)c2oc3ccccc3c2n1. The van der Waals surface area contributed by atoms with E-state index in [1.165, 1.54) is 0 Å². The van der Waals surface area contributed by atoms with Crippen molar-refractivity contribution in [2.45, 2.75) is 82.6 Å². The molecule has 1 aliphatic carbocycles. The van der Waals surface area contributed by atoms with Crippen molar-refractivity contribution in [3.8, 4) is 5.88 Å². The second kappa shape index (κ2) is 10.8. The van der Waals surface area contributed by atoms with Gasteiger partial charge in [-0.25, -0.2) is 14.8 Å². The molecule has 1 aromatic carbocycles. The number of nitrogens with zero attached hydrogens (tertiary/aromatic N) is 6. The van der Waals surface area contributed by atoms with Crippen molar-refractivity contribution in [3.63, 3.8) is 0 Å². The number of hydrogen-bond donors (Lipinski definition) is 1. The number of benzene rings is 1. The Morgan fingerprint density at radius 2 is 1.95 bits per heavy atom. The molecule has 3 atom stereocenters. The first-order chi connectivity index (χ1) is 20.7. The van der Waals surface area contributed by atoms with E-state index in [-0.39, 0.29) is 35.7 Å². The van der Waals surface area contributed by atoms with Crippen molar-refractivity contribution >= 4 is 51.1 Å². The highest BCUT2D eigenvalue weighted by molar-refractivity contribution is 6.29. The van der Waals surface area contributed by atoms with E-state index >= 15 is 0 Å². The largest absolute Gasteiger partial charge is 0.480 e. The number of furan rings is 1. The van der Waals surface area contributed by atoms with Crippen LogP contribution in [0.4, 0.5) is 11.5 Å².